The van der Waals surface area contributed by atoms with Crippen molar-refractivity contribution in [2.45, 2.75) is 77.4 Å². The van der Waals surface area contributed by atoms with Gasteiger partial charge in [0.2, 0.25) is 5.91 Å². The van der Waals surface area contributed by atoms with E-state index >= 15 is 0 Å². The van der Waals surface area contributed by atoms with Crippen LogP contribution >= 0.6 is 22.9 Å². The first kappa shape index (κ1) is 27.8. The molecule has 10 heteroatoms. The molecule has 1 saturated carbocycles. The summed E-state index contributed by atoms with van der Waals surface area (Å²) in [5.74, 6) is -1.16. The molecule has 0 unspecified atom stereocenters. The molecule has 3 aromatic rings. The lowest BCUT2D eigenvalue weighted by Crippen LogP contribution is -2.49. The average molecular weight is 554 g/mol. The highest BCUT2D eigenvalue weighted by molar-refractivity contribution is 7.10. The standard InChI is InChI=1S/C28H35N5O3S2/c1-17-10-8-13-19(16-17)33(23(20-14-9-15-37-20)26(35)31-28(2,3)4)27(36)24-21(29)22(32-38-24)25(34)30-18-11-6-5-7-12-18/h8-10,13-16,18,23H,5-7,11-12,29H2,1-4H3,(H,30,34)(H,31,35)/t23-/m0/s1. The number of carbonyl (C=O) groups excluding carboxylic acids is 3. The molecule has 1 aliphatic carbocycles. The number of benzene rings is 1. The summed E-state index contributed by atoms with van der Waals surface area (Å²) in [5, 5.41) is 7.93. The van der Waals surface area contributed by atoms with Crippen molar-refractivity contribution in [2.24, 2.45) is 0 Å². The quantitative estimate of drug-likeness (QED) is 0.359. The summed E-state index contributed by atoms with van der Waals surface area (Å²) in [6, 6.07) is 10.3. The van der Waals surface area contributed by atoms with E-state index in [0.717, 1.165) is 42.8 Å². The van der Waals surface area contributed by atoms with Crippen LogP contribution in [-0.2, 0) is 4.79 Å². The summed E-state index contributed by atoms with van der Waals surface area (Å²) in [6.45, 7) is 7.62. The Labute approximate surface area is 231 Å². The van der Waals surface area contributed by atoms with Crippen molar-refractivity contribution in [1.29, 1.82) is 0 Å². The minimum absolute atomic E-state index is 0.0344. The van der Waals surface area contributed by atoms with Gasteiger partial charge in [0.15, 0.2) is 11.7 Å². The van der Waals surface area contributed by atoms with Gasteiger partial charge in [-0.2, -0.15) is 4.37 Å². The SMILES string of the molecule is Cc1cccc(N(C(=O)c2snc(C(=O)NC3CCCCC3)c2N)[C@H](C(=O)NC(C)(C)C)c2cccs2)c1. The van der Waals surface area contributed by atoms with Crippen molar-refractivity contribution < 1.29 is 14.4 Å². The minimum atomic E-state index is -0.940. The Morgan fingerprint density at radius 1 is 1.11 bits per heavy atom. The van der Waals surface area contributed by atoms with E-state index in [1.165, 1.54) is 22.7 Å². The van der Waals surface area contributed by atoms with Crippen LogP contribution in [0.15, 0.2) is 41.8 Å². The third-order valence-electron chi connectivity index (χ3n) is 6.39. The monoisotopic (exact) mass is 553 g/mol. The van der Waals surface area contributed by atoms with Gasteiger partial charge in [0, 0.05) is 22.1 Å². The summed E-state index contributed by atoms with van der Waals surface area (Å²) in [7, 11) is 0. The summed E-state index contributed by atoms with van der Waals surface area (Å²) < 4.78 is 4.28. The zero-order valence-corrected chi connectivity index (χ0v) is 23.9. The highest BCUT2D eigenvalue weighted by Gasteiger charge is 2.38. The van der Waals surface area contributed by atoms with Gasteiger partial charge in [0.05, 0.1) is 5.69 Å². The van der Waals surface area contributed by atoms with E-state index in [9.17, 15) is 14.4 Å². The molecule has 0 spiro atoms. The van der Waals surface area contributed by atoms with Crippen molar-refractivity contribution in [2.75, 3.05) is 10.6 Å². The Morgan fingerprint density at radius 3 is 2.47 bits per heavy atom. The molecule has 1 aromatic carbocycles. The molecule has 1 fully saturated rings. The number of rotatable bonds is 7. The van der Waals surface area contributed by atoms with Gasteiger partial charge in [-0.15, -0.1) is 11.3 Å². The lowest BCUT2D eigenvalue weighted by Gasteiger charge is -2.33. The fourth-order valence-electron chi connectivity index (χ4n) is 4.65. The minimum Gasteiger partial charge on any atom is -0.395 e. The van der Waals surface area contributed by atoms with E-state index < -0.39 is 17.5 Å². The molecule has 3 amide bonds. The molecule has 0 aliphatic heterocycles. The molecule has 38 heavy (non-hydrogen) atoms. The molecule has 0 bridgehead atoms. The van der Waals surface area contributed by atoms with Gasteiger partial charge >= 0.3 is 0 Å². The summed E-state index contributed by atoms with van der Waals surface area (Å²) >= 11 is 2.28. The maximum atomic E-state index is 14.2. The molecule has 2 aromatic heterocycles. The van der Waals surface area contributed by atoms with Crippen LogP contribution in [0.1, 0.15) is 89.5 Å². The van der Waals surface area contributed by atoms with Crippen LogP contribution in [0.25, 0.3) is 0 Å². The highest BCUT2D eigenvalue weighted by atomic mass is 32.1. The second kappa shape index (κ2) is 11.7. The second-order valence-electron chi connectivity index (χ2n) is 10.8. The maximum absolute atomic E-state index is 14.2. The van der Waals surface area contributed by atoms with E-state index in [2.05, 4.69) is 15.0 Å². The van der Waals surface area contributed by atoms with Crippen LogP contribution < -0.4 is 21.3 Å². The number of aromatic nitrogens is 1. The molecule has 0 saturated heterocycles. The molecule has 8 nitrogen and oxygen atoms in total. The second-order valence-corrected chi connectivity index (χ2v) is 12.5. The topological polar surface area (TPSA) is 117 Å². The number of carbonyl (C=O) groups is 3. The number of thiophene rings is 1. The number of hydrogen-bond donors (Lipinski definition) is 3. The third-order valence-corrected chi connectivity index (χ3v) is 8.17. The number of nitrogens with one attached hydrogen (secondary N) is 2. The van der Waals surface area contributed by atoms with E-state index in [1.54, 1.807) is 6.07 Å². The summed E-state index contributed by atoms with van der Waals surface area (Å²) in [5.41, 5.74) is 7.46. The number of aryl methyl sites for hydroxylation is 1. The Hall–Kier alpha value is -3.24. The number of amides is 3. The number of anilines is 2. The molecule has 4 rings (SSSR count). The Kier molecular flexibility index (Phi) is 8.52. The van der Waals surface area contributed by atoms with Gasteiger partial charge in [-0.25, -0.2) is 0 Å². The first-order chi connectivity index (χ1) is 18.0. The highest BCUT2D eigenvalue weighted by Crippen LogP contribution is 2.35. The zero-order chi connectivity index (χ0) is 27.4. The first-order valence-corrected chi connectivity index (χ1v) is 14.5. The lowest BCUT2D eigenvalue weighted by atomic mass is 9.95. The molecule has 202 valence electrons. The molecule has 0 radical (unpaired) electrons. The number of hydrogen-bond acceptors (Lipinski definition) is 7. The molecule has 2 heterocycles. The van der Waals surface area contributed by atoms with Crippen molar-refractivity contribution >= 4 is 52.0 Å². The fraction of sp³-hybridized carbons (Fsp3) is 0.429. The van der Waals surface area contributed by atoms with E-state index in [1.807, 2.05) is 63.4 Å². The molecular weight excluding hydrogens is 518 g/mol. The van der Waals surface area contributed by atoms with Crippen molar-refractivity contribution in [3.8, 4) is 0 Å². The van der Waals surface area contributed by atoms with Gasteiger partial charge < -0.3 is 16.4 Å². The largest absolute Gasteiger partial charge is 0.395 e. The molecule has 1 aliphatic rings. The third kappa shape index (κ3) is 6.42. The number of nitrogens with two attached hydrogens (primary N) is 1. The molecule has 1 atom stereocenters. The fourth-order valence-corrected chi connectivity index (χ4v) is 6.19. The van der Waals surface area contributed by atoms with Crippen LogP contribution in [0.5, 0.6) is 0 Å². The number of nitrogens with zero attached hydrogens (tertiary/aromatic N) is 2. The van der Waals surface area contributed by atoms with Crippen LogP contribution in [0.3, 0.4) is 0 Å². The normalized spacial score (nSPS) is 15.1. The van der Waals surface area contributed by atoms with Crippen molar-refractivity contribution in [3.63, 3.8) is 0 Å². The zero-order valence-electron chi connectivity index (χ0n) is 22.2. The maximum Gasteiger partial charge on any atom is 0.273 e. The van der Waals surface area contributed by atoms with Crippen LogP contribution in [0, 0.1) is 6.92 Å². The predicted octanol–water partition coefficient (Wildman–Crippen LogP) is 5.46. The first-order valence-electron chi connectivity index (χ1n) is 12.9. The van der Waals surface area contributed by atoms with Crippen LogP contribution in [0.2, 0.25) is 0 Å². The van der Waals surface area contributed by atoms with Gasteiger partial charge in [-0.3, -0.25) is 19.3 Å². The van der Waals surface area contributed by atoms with Gasteiger partial charge in [0.25, 0.3) is 11.8 Å². The van der Waals surface area contributed by atoms with Gasteiger partial charge in [0.1, 0.15) is 4.88 Å². The number of nitrogen functional groups attached to an aromatic ring is 1. The van der Waals surface area contributed by atoms with E-state index in [-0.39, 0.29) is 34.1 Å². The Morgan fingerprint density at radius 2 is 1.84 bits per heavy atom. The summed E-state index contributed by atoms with van der Waals surface area (Å²) in [6.07, 6.45) is 5.18. The van der Waals surface area contributed by atoms with Gasteiger partial charge in [-0.05, 0) is 81.2 Å². The summed E-state index contributed by atoms with van der Waals surface area (Å²) in [4.78, 5) is 43.2. The average Bonchev–Trinajstić information content (AvgIpc) is 3.51. The smallest absolute Gasteiger partial charge is 0.273 e. The Bertz CT molecular complexity index is 1290. The van der Waals surface area contributed by atoms with E-state index in [4.69, 9.17) is 5.73 Å². The molecule has 4 N–H and O–H groups in total. The van der Waals surface area contributed by atoms with E-state index in [0.29, 0.717) is 10.6 Å². The predicted molar refractivity (Wildman–Crippen MR) is 154 cm³/mol. The molecular formula is C28H35N5O3S2. The van der Waals surface area contributed by atoms with Crippen molar-refractivity contribution in [1.82, 2.24) is 15.0 Å². The Balaban J connectivity index is 1.73. The van der Waals surface area contributed by atoms with Crippen LogP contribution in [-0.4, -0.2) is 33.7 Å². The lowest BCUT2D eigenvalue weighted by molar-refractivity contribution is -0.123. The van der Waals surface area contributed by atoms with Crippen molar-refractivity contribution in [3.05, 3.63) is 62.8 Å². The van der Waals surface area contributed by atoms with Gasteiger partial charge in [-0.1, -0.05) is 37.5 Å². The van der Waals surface area contributed by atoms with Crippen LogP contribution in [0.4, 0.5) is 11.4 Å².